The quantitative estimate of drug-likeness (QED) is 0.222. The standard InChI is InChI=1S/C22H24BrN3O6/c1-4-31-20(27)13-32-18-10-9-15(11-19(18)30-3)12-24-26-22(29)14(2)21(28)25-17-8-6-5-7-16(17)23/h5-12,14H,4,13H2,1-3H3,(H,25,28)(H,26,29). The van der Waals surface area contributed by atoms with E-state index in [-0.39, 0.29) is 13.2 Å². The third-order valence-corrected chi connectivity index (χ3v) is 4.84. The molecule has 1 atom stereocenters. The molecule has 2 amide bonds. The summed E-state index contributed by atoms with van der Waals surface area (Å²) >= 11 is 3.34. The minimum absolute atomic E-state index is 0.243. The first kappa shape index (κ1) is 24.9. The lowest BCUT2D eigenvalue weighted by atomic mass is 10.1. The number of methoxy groups -OCH3 is 1. The minimum atomic E-state index is -0.965. The summed E-state index contributed by atoms with van der Waals surface area (Å²) in [5, 5.41) is 6.58. The van der Waals surface area contributed by atoms with Gasteiger partial charge in [0.05, 0.1) is 25.6 Å². The average molecular weight is 506 g/mol. The van der Waals surface area contributed by atoms with Gasteiger partial charge in [-0.25, -0.2) is 10.2 Å². The number of halogens is 1. The third kappa shape index (κ3) is 7.38. The predicted molar refractivity (Wildman–Crippen MR) is 123 cm³/mol. The Bertz CT molecular complexity index is 995. The van der Waals surface area contributed by atoms with E-state index in [0.717, 1.165) is 0 Å². The molecule has 2 N–H and O–H groups in total. The molecule has 0 spiro atoms. The van der Waals surface area contributed by atoms with E-state index in [1.807, 2.05) is 6.07 Å². The summed E-state index contributed by atoms with van der Waals surface area (Å²) in [6.07, 6.45) is 1.40. The van der Waals surface area contributed by atoms with Gasteiger partial charge in [0.2, 0.25) is 5.91 Å². The molecule has 0 bridgehead atoms. The van der Waals surface area contributed by atoms with Crippen molar-refractivity contribution < 1.29 is 28.6 Å². The number of ether oxygens (including phenoxy) is 3. The second-order valence-corrected chi connectivity index (χ2v) is 7.28. The Hall–Kier alpha value is -3.40. The SMILES string of the molecule is CCOC(=O)COc1ccc(C=NNC(=O)C(C)C(=O)Nc2ccccc2Br)cc1OC. The van der Waals surface area contributed by atoms with E-state index in [1.165, 1.54) is 20.2 Å². The molecule has 0 radical (unpaired) electrons. The molecule has 2 aromatic carbocycles. The maximum Gasteiger partial charge on any atom is 0.344 e. The van der Waals surface area contributed by atoms with Crippen molar-refractivity contribution in [3.8, 4) is 11.5 Å². The molecule has 2 rings (SSSR count). The van der Waals surface area contributed by atoms with Crippen molar-refractivity contribution in [2.24, 2.45) is 11.0 Å². The molecule has 2 aromatic rings. The monoisotopic (exact) mass is 505 g/mol. The number of carbonyl (C=O) groups is 3. The first-order valence-corrected chi connectivity index (χ1v) is 10.5. The highest BCUT2D eigenvalue weighted by atomic mass is 79.9. The molecule has 0 saturated heterocycles. The number of benzene rings is 2. The van der Waals surface area contributed by atoms with E-state index < -0.39 is 23.7 Å². The molecule has 10 heteroatoms. The first-order valence-electron chi connectivity index (χ1n) is 9.70. The van der Waals surface area contributed by atoms with E-state index in [4.69, 9.17) is 14.2 Å². The van der Waals surface area contributed by atoms with Crippen LogP contribution in [0.4, 0.5) is 5.69 Å². The lowest BCUT2D eigenvalue weighted by Crippen LogP contribution is -2.34. The molecular formula is C22H24BrN3O6. The van der Waals surface area contributed by atoms with Gasteiger partial charge in [0, 0.05) is 4.47 Å². The zero-order valence-corrected chi connectivity index (χ0v) is 19.5. The lowest BCUT2D eigenvalue weighted by molar-refractivity contribution is -0.145. The molecule has 0 aliphatic heterocycles. The van der Waals surface area contributed by atoms with Gasteiger partial charge in [0.15, 0.2) is 18.1 Å². The topological polar surface area (TPSA) is 115 Å². The van der Waals surface area contributed by atoms with E-state index in [9.17, 15) is 14.4 Å². The summed E-state index contributed by atoms with van der Waals surface area (Å²) in [4.78, 5) is 36.0. The van der Waals surface area contributed by atoms with Crippen LogP contribution in [0.15, 0.2) is 52.0 Å². The van der Waals surface area contributed by atoms with Gasteiger partial charge in [-0.3, -0.25) is 9.59 Å². The van der Waals surface area contributed by atoms with Gasteiger partial charge < -0.3 is 19.5 Å². The van der Waals surface area contributed by atoms with Crippen molar-refractivity contribution in [2.45, 2.75) is 13.8 Å². The Kier molecular flexibility index (Phi) is 9.68. The largest absolute Gasteiger partial charge is 0.493 e. The Labute approximate surface area is 194 Å². The summed E-state index contributed by atoms with van der Waals surface area (Å²) in [5.41, 5.74) is 3.52. The maximum absolute atomic E-state index is 12.3. The molecule has 0 aliphatic rings. The highest BCUT2D eigenvalue weighted by Gasteiger charge is 2.21. The fourth-order valence-corrected chi connectivity index (χ4v) is 2.80. The van der Waals surface area contributed by atoms with Crippen LogP contribution in [0.5, 0.6) is 11.5 Å². The summed E-state index contributed by atoms with van der Waals surface area (Å²) in [5.74, 6) is -1.74. The molecule has 1 unspecified atom stereocenters. The number of para-hydroxylation sites is 1. The van der Waals surface area contributed by atoms with Crippen LogP contribution in [0, 0.1) is 5.92 Å². The van der Waals surface area contributed by atoms with Gasteiger partial charge in [0.25, 0.3) is 5.91 Å². The zero-order valence-electron chi connectivity index (χ0n) is 17.9. The number of carbonyl (C=O) groups excluding carboxylic acids is 3. The number of hydrazone groups is 1. The van der Waals surface area contributed by atoms with Crippen molar-refractivity contribution in [1.29, 1.82) is 0 Å². The smallest absolute Gasteiger partial charge is 0.344 e. The fraction of sp³-hybridized carbons (Fsp3) is 0.273. The van der Waals surface area contributed by atoms with Crippen LogP contribution in [0.25, 0.3) is 0 Å². The van der Waals surface area contributed by atoms with Gasteiger partial charge in [0.1, 0.15) is 5.92 Å². The third-order valence-electron chi connectivity index (χ3n) is 4.15. The number of rotatable bonds is 10. The summed E-state index contributed by atoms with van der Waals surface area (Å²) in [7, 11) is 1.46. The van der Waals surface area contributed by atoms with E-state index in [1.54, 1.807) is 43.3 Å². The maximum atomic E-state index is 12.3. The summed E-state index contributed by atoms with van der Waals surface area (Å²) in [6.45, 7) is 3.22. The van der Waals surface area contributed by atoms with Crippen molar-refractivity contribution in [3.63, 3.8) is 0 Å². The van der Waals surface area contributed by atoms with Crippen LogP contribution < -0.4 is 20.2 Å². The van der Waals surface area contributed by atoms with Gasteiger partial charge in [-0.1, -0.05) is 12.1 Å². The lowest BCUT2D eigenvalue weighted by Gasteiger charge is -2.12. The molecule has 0 aliphatic carbocycles. The highest BCUT2D eigenvalue weighted by molar-refractivity contribution is 9.10. The number of anilines is 1. The summed E-state index contributed by atoms with van der Waals surface area (Å²) < 4.78 is 16.2. The van der Waals surface area contributed by atoms with Gasteiger partial charge in [-0.2, -0.15) is 5.10 Å². The summed E-state index contributed by atoms with van der Waals surface area (Å²) in [6, 6.07) is 12.0. The molecular weight excluding hydrogens is 482 g/mol. The Morgan fingerprint density at radius 3 is 2.56 bits per heavy atom. The van der Waals surface area contributed by atoms with Crippen molar-refractivity contribution in [2.75, 3.05) is 25.6 Å². The van der Waals surface area contributed by atoms with E-state index in [0.29, 0.717) is 27.2 Å². The fourth-order valence-electron chi connectivity index (χ4n) is 2.41. The molecule has 0 saturated carbocycles. The van der Waals surface area contributed by atoms with Gasteiger partial charge in [-0.15, -0.1) is 0 Å². The molecule has 0 heterocycles. The first-order chi connectivity index (χ1) is 15.3. The predicted octanol–water partition coefficient (Wildman–Crippen LogP) is 3.12. The second kappa shape index (κ2) is 12.5. The van der Waals surface area contributed by atoms with Gasteiger partial charge in [-0.05, 0) is 65.7 Å². The van der Waals surface area contributed by atoms with Crippen molar-refractivity contribution in [3.05, 3.63) is 52.5 Å². The number of hydrogen-bond donors (Lipinski definition) is 2. The van der Waals surface area contributed by atoms with E-state index >= 15 is 0 Å². The minimum Gasteiger partial charge on any atom is -0.493 e. The zero-order chi connectivity index (χ0) is 23.5. The van der Waals surface area contributed by atoms with Crippen LogP contribution >= 0.6 is 15.9 Å². The van der Waals surface area contributed by atoms with E-state index in [2.05, 4.69) is 31.8 Å². The van der Waals surface area contributed by atoms with Crippen LogP contribution in [-0.2, 0) is 19.1 Å². The Balaban J connectivity index is 1.93. The van der Waals surface area contributed by atoms with Crippen molar-refractivity contribution >= 4 is 45.6 Å². The van der Waals surface area contributed by atoms with Crippen LogP contribution in [0.2, 0.25) is 0 Å². The second-order valence-electron chi connectivity index (χ2n) is 6.43. The normalized spacial score (nSPS) is 11.5. The number of hydrogen-bond acceptors (Lipinski definition) is 7. The molecule has 0 fully saturated rings. The molecule has 32 heavy (non-hydrogen) atoms. The Morgan fingerprint density at radius 1 is 1.12 bits per heavy atom. The van der Waals surface area contributed by atoms with Crippen molar-refractivity contribution in [1.82, 2.24) is 5.43 Å². The molecule has 0 aromatic heterocycles. The number of amides is 2. The molecule has 170 valence electrons. The van der Waals surface area contributed by atoms with Crippen LogP contribution in [-0.4, -0.2) is 44.3 Å². The van der Waals surface area contributed by atoms with Crippen LogP contribution in [0.1, 0.15) is 19.4 Å². The van der Waals surface area contributed by atoms with Gasteiger partial charge >= 0.3 is 5.97 Å². The number of nitrogens with zero attached hydrogens (tertiary/aromatic N) is 1. The number of nitrogens with one attached hydrogen (secondary N) is 2. The average Bonchev–Trinajstić information content (AvgIpc) is 2.79. The Morgan fingerprint density at radius 2 is 1.88 bits per heavy atom. The number of esters is 1. The molecule has 9 nitrogen and oxygen atoms in total. The highest BCUT2D eigenvalue weighted by Crippen LogP contribution is 2.27. The van der Waals surface area contributed by atoms with Crippen LogP contribution in [0.3, 0.4) is 0 Å².